The number of hydrogen-bond acceptors (Lipinski definition) is 2. The van der Waals surface area contributed by atoms with Crippen LogP contribution in [0.1, 0.15) is 37.7 Å². The number of aliphatic hydroxyl groups excluding tert-OH is 1. The molecule has 2 aliphatic carbocycles. The Bertz CT molecular complexity index is 555. The molecule has 3 nitrogen and oxygen atoms in total. The van der Waals surface area contributed by atoms with E-state index in [0.29, 0.717) is 22.9 Å². The topological polar surface area (TPSA) is 49.3 Å². The van der Waals surface area contributed by atoms with Crippen LogP contribution in [0.5, 0.6) is 0 Å². The van der Waals surface area contributed by atoms with Gasteiger partial charge in [0.15, 0.2) is 0 Å². The molecule has 2 aliphatic rings. The van der Waals surface area contributed by atoms with Gasteiger partial charge in [-0.15, -0.1) is 0 Å². The van der Waals surface area contributed by atoms with Crippen molar-refractivity contribution in [2.24, 2.45) is 11.8 Å². The van der Waals surface area contributed by atoms with Crippen LogP contribution in [0.3, 0.4) is 0 Å². The molecule has 0 aliphatic heterocycles. The van der Waals surface area contributed by atoms with Crippen molar-refractivity contribution in [1.82, 2.24) is 5.32 Å². The SMILES string of the molecule is CC(CO)(NC(=O)C1CC1c1c(F)cccc1Cl)C1CC1. The first kappa shape index (κ1) is 14.8. The molecule has 3 unspecified atom stereocenters. The van der Waals surface area contributed by atoms with Crippen molar-refractivity contribution in [2.75, 3.05) is 6.61 Å². The number of nitrogens with one attached hydrogen (secondary N) is 1. The Labute approximate surface area is 128 Å². The summed E-state index contributed by atoms with van der Waals surface area (Å²) in [4.78, 5) is 12.3. The Morgan fingerprint density at radius 1 is 1.52 bits per heavy atom. The summed E-state index contributed by atoms with van der Waals surface area (Å²) in [5.41, 5.74) is -0.111. The van der Waals surface area contributed by atoms with Crippen molar-refractivity contribution < 1.29 is 14.3 Å². The second-order valence-electron chi connectivity index (χ2n) is 6.42. The molecule has 1 amide bonds. The van der Waals surface area contributed by atoms with Crippen molar-refractivity contribution in [3.05, 3.63) is 34.6 Å². The van der Waals surface area contributed by atoms with Gasteiger partial charge in [-0.1, -0.05) is 17.7 Å². The molecule has 0 heterocycles. The van der Waals surface area contributed by atoms with E-state index in [1.54, 1.807) is 12.1 Å². The van der Waals surface area contributed by atoms with Crippen LogP contribution in [0.25, 0.3) is 0 Å². The molecule has 3 rings (SSSR count). The van der Waals surface area contributed by atoms with Gasteiger partial charge >= 0.3 is 0 Å². The minimum absolute atomic E-state index is 0.0682. The number of hydrogen-bond donors (Lipinski definition) is 2. The molecule has 0 radical (unpaired) electrons. The highest BCUT2D eigenvalue weighted by Crippen LogP contribution is 2.51. The van der Waals surface area contributed by atoms with Gasteiger partial charge < -0.3 is 10.4 Å². The van der Waals surface area contributed by atoms with Gasteiger partial charge in [-0.2, -0.15) is 0 Å². The Balaban J connectivity index is 1.69. The van der Waals surface area contributed by atoms with Crippen LogP contribution in [0.2, 0.25) is 5.02 Å². The zero-order chi connectivity index (χ0) is 15.2. The lowest BCUT2D eigenvalue weighted by atomic mass is 9.96. The number of benzene rings is 1. The molecule has 0 saturated heterocycles. The molecule has 5 heteroatoms. The third kappa shape index (κ3) is 2.79. The molecule has 0 aromatic heterocycles. The predicted molar refractivity (Wildman–Crippen MR) is 78.6 cm³/mol. The third-order valence-corrected chi connectivity index (χ3v) is 5.04. The molecule has 0 spiro atoms. The Morgan fingerprint density at radius 2 is 2.24 bits per heavy atom. The second kappa shape index (κ2) is 5.25. The van der Waals surface area contributed by atoms with Gasteiger partial charge in [-0.3, -0.25) is 4.79 Å². The van der Waals surface area contributed by atoms with Crippen molar-refractivity contribution in [3.63, 3.8) is 0 Å². The quantitative estimate of drug-likeness (QED) is 0.878. The number of amides is 1. The summed E-state index contributed by atoms with van der Waals surface area (Å²) < 4.78 is 13.9. The van der Waals surface area contributed by atoms with Crippen molar-refractivity contribution in [2.45, 2.75) is 37.6 Å². The zero-order valence-corrected chi connectivity index (χ0v) is 12.7. The molecule has 2 N–H and O–H groups in total. The zero-order valence-electron chi connectivity index (χ0n) is 11.9. The van der Waals surface area contributed by atoms with Crippen LogP contribution in [0, 0.1) is 17.7 Å². The van der Waals surface area contributed by atoms with Crippen molar-refractivity contribution in [3.8, 4) is 0 Å². The predicted octanol–water partition coefficient (Wildman–Crippen LogP) is 2.86. The van der Waals surface area contributed by atoms with E-state index >= 15 is 0 Å². The molecule has 114 valence electrons. The lowest BCUT2D eigenvalue weighted by Crippen LogP contribution is -2.51. The van der Waals surface area contributed by atoms with Crippen LogP contribution in [-0.4, -0.2) is 23.2 Å². The van der Waals surface area contributed by atoms with E-state index in [4.69, 9.17) is 11.6 Å². The summed E-state index contributed by atoms with van der Waals surface area (Å²) >= 11 is 6.04. The summed E-state index contributed by atoms with van der Waals surface area (Å²) in [7, 11) is 0. The van der Waals surface area contributed by atoms with Gasteiger partial charge in [0.1, 0.15) is 5.82 Å². The summed E-state index contributed by atoms with van der Waals surface area (Å²) in [6, 6.07) is 4.58. The molecule has 1 aromatic rings. The molecular weight excluding hydrogens is 293 g/mol. The first-order valence-corrected chi connectivity index (χ1v) is 7.71. The van der Waals surface area contributed by atoms with Gasteiger partial charge in [-0.25, -0.2) is 4.39 Å². The largest absolute Gasteiger partial charge is 0.394 e. The number of carbonyl (C=O) groups excluding carboxylic acids is 1. The van der Waals surface area contributed by atoms with E-state index < -0.39 is 5.54 Å². The fraction of sp³-hybridized carbons (Fsp3) is 0.562. The third-order valence-electron chi connectivity index (χ3n) is 4.71. The van der Waals surface area contributed by atoms with Gasteiger partial charge in [0.05, 0.1) is 12.1 Å². The summed E-state index contributed by atoms with van der Waals surface area (Å²) in [6.45, 7) is 1.80. The average Bonchev–Trinajstić information content (AvgIpc) is 3.30. The molecule has 3 atom stereocenters. The monoisotopic (exact) mass is 311 g/mol. The summed E-state index contributed by atoms with van der Waals surface area (Å²) in [5.74, 6) is -0.511. The van der Waals surface area contributed by atoms with E-state index in [0.717, 1.165) is 12.8 Å². The number of rotatable bonds is 5. The fourth-order valence-electron chi connectivity index (χ4n) is 3.03. The van der Waals surface area contributed by atoms with E-state index in [9.17, 15) is 14.3 Å². The maximum Gasteiger partial charge on any atom is 0.224 e. The highest BCUT2D eigenvalue weighted by atomic mass is 35.5. The standard InChI is InChI=1S/C16H19ClFNO2/c1-16(8-20,9-5-6-9)19-15(21)11-7-10(11)14-12(17)3-2-4-13(14)18/h2-4,9-11,20H,5-8H2,1H3,(H,19,21). The summed E-state index contributed by atoms with van der Waals surface area (Å²) in [6.07, 6.45) is 2.67. The maximum absolute atomic E-state index is 13.9. The van der Waals surface area contributed by atoms with Gasteiger partial charge in [0.2, 0.25) is 5.91 Å². The van der Waals surface area contributed by atoms with Gasteiger partial charge in [0, 0.05) is 22.4 Å². The summed E-state index contributed by atoms with van der Waals surface area (Å²) in [5, 5.41) is 12.9. The van der Waals surface area contributed by atoms with E-state index in [1.807, 2.05) is 6.92 Å². The second-order valence-corrected chi connectivity index (χ2v) is 6.83. The first-order chi connectivity index (χ1) is 9.96. The van der Waals surface area contributed by atoms with Crippen LogP contribution in [-0.2, 0) is 4.79 Å². The van der Waals surface area contributed by atoms with Crippen LogP contribution in [0.15, 0.2) is 18.2 Å². The average molecular weight is 312 g/mol. The molecular formula is C16H19ClFNO2. The van der Waals surface area contributed by atoms with Crippen LogP contribution in [0.4, 0.5) is 4.39 Å². The lowest BCUT2D eigenvalue weighted by molar-refractivity contribution is -0.125. The fourth-order valence-corrected chi connectivity index (χ4v) is 3.34. The molecule has 0 bridgehead atoms. The van der Waals surface area contributed by atoms with Gasteiger partial charge in [-0.05, 0) is 44.2 Å². The lowest BCUT2D eigenvalue weighted by Gasteiger charge is -2.29. The number of carbonyl (C=O) groups is 1. The van der Waals surface area contributed by atoms with Crippen LogP contribution < -0.4 is 5.32 Å². The first-order valence-electron chi connectivity index (χ1n) is 7.33. The molecule has 2 fully saturated rings. The van der Waals surface area contributed by atoms with Crippen molar-refractivity contribution in [1.29, 1.82) is 0 Å². The van der Waals surface area contributed by atoms with Crippen molar-refractivity contribution >= 4 is 17.5 Å². The normalized spacial score (nSPS) is 27.0. The Morgan fingerprint density at radius 3 is 2.81 bits per heavy atom. The number of halogens is 2. The maximum atomic E-state index is 13.9. The van der Waals surface area contributed by atoms with Gasteiger partial charge in [0.25, 0.3) is 0 Å². The van der Waals surface area contributed by atoms with Crippen LogP contribution >= 0.6 is 11.6 Å². The van der Waals surface area contributed by atoms with E-state index in [-0.39, 0.29) is 30.2 Å². The highest BCUT2D eigenvalue weighted by molar-refractivity contribution is 6.31. The minimum atomic E-state index is -0.552. The minimum Gasteiger partial charge on any atom is -0.394 e. The number of aliphatic hydroxyl groups is 1. The Hall–Kier alpha value is -1.13. The smallest absolute Gasteiger partial charge is 0.224 e. The van der Waals surface area contributed by atoms with E-state index in [1.165, 1.54) is 6.07 Å². The van der Waals surface area contributed by atoms with E-state index in [2.05, 4.69) is 5.32 Å². The molecule has 21 heavy (non-hydrogen) atoms. The molecule has 1 aromatic carbocycles. The molecule has 2 saturated carbocycles. The Kier molecular flexibility index (Phi) is 3.70. The highest BCUT2D eigenvalue weighted by Gasteiger charge is 2.49.